The van der Waals surface area contributed by atoms with Crippen LogP contribution in [0.4, 0.5) is 0 Å². The van der Waals surface area contributed by atoms with Crippen LogP contribution in [0.25, 0.3) is 131 Å². The second-order valence-corrected chi connectivity index (χ2v) is 17.9. The minimum Gasteiger partial charge on any atom is -0.228 e. The summed E-state index contributed by atoms with van der Waals surface area (Å²) >= 11 is 1.86. The van der Waals surface area contributed by atoms with Crippen LogP contribution < -0.4 is 0 Å². The van der Waals surface area contributed by atoms with Crippen LogP contribution in [0.5, 0.6) is 0 Å². The van der Waals surface area contributed by atoms with Gasteiger partial charge < -0.3 is 0 Å². The molecule has 0 aliphatic heterocycles. The fourth-order valence-corrected chi connectivity index (χ4v) is 11.0. The second-order valence-electron chi connectivity index (χ2n) is 16.9. The third kappa shape index (κ3) is 6.48. The van der Waals surface area contributed by atoms with Crippen molar-refractivity contribution in [1.82, 2.24) is 9.97 Å². The van der Waals surface area contributed by atoms with Crippen molar-refractivity contribution in [2.45, 2.75) is 0 Å². The van der Waals surface area contributed by atoms with Crippen LogP contribution in [0.3, 0.4) is 0 Å². The highest BCUT2D eigenvalue weighted by Crippen LogP contribution is 2.42. The lowest BCUT2D eigenvalue weighted by molar-refractivity contribution is 1.18. The van der Waals surface area contributed by atoms with Crippen molar-refractivity contribution < 1.29 is 0 Å². The summed E-state index contributed by atoms with van der Waals surface area (Å²) in [5.41, 5.74) is 12.2. The van der Waals surface area contributed by atoms with E-state index in [0.717, 1.165) is 28.1 Å². The van der Waals surface area contributed by atoms with Gasteiger partial charge in [-0.25, -0.2) is 9.97 Å². The normalized spacial score (nSPS) is 11.7. The first-order chi connectivity index (χ1) is 32.2. The lowest BCUT2D eigenvalue weighted by atomic mass is 9.89. The maximum Gasteiger partial charge on any atom is 0.160 e. The number of benzene rings is 11. The molecule has 0 unspecified atom stereocenters. The van der Waals surface area contributed by atoms with Gasteiger partial charge in [-0.2, -0.15) is 0 Å². The highest BCUT2D eigenvalue weighted by molar-refractivity contribution is 7.26. The zero-order valence-corrected chi connectivity index (χ0v) is 36.1. The molecule has 11 aromatic carbocycles. The van der Waals surface area contributed by atoms with E-state index in [1.807, 2.05) is 29.5 Å². The van der Waals surface area contributed by atoms with Gasteiger partial charge in [0.2, 0.25) is 0 Å². The summed E-state index contributed by atoms with van der Waals surface area (Å²) in [7, 11) is 0. The van der Waals surface area contributed by atoms with Crippen LogP contribution in [-0.2, 0) is 0 Å². The standard InChI is InChI=1S/C62H38N2S/c1-2-12-44(13-3-1)62-63-57(42-25-23-41(24-26-42)52-18-10-19-55-53-17-8-9-20-59(53)65-61(52)55)38-58(64-62)49-32-31-46-35-45(29-30-47(46)36-49)39-21-27-43(28-22-39)60-51-16-7-5-14-48(51)37-56-50-15-6-4-11-40(50)33-34-54(56)60/h1-38H. The Morgan fingerprint density at radius 3 is 1.68 bits per heavy atom. The Balaban J connectivity index is 0.840. The highest BCUT2D eigenvalue weighted by atomic mass is 32.1. The fourth-order valence-electron chi connectivity index (χ4n) is 9.80. The van der Waals surface area contributed by atoms with E-state index in [1.54, 1.807) is 0 Å². The average Bonchev–Trinajstić information content (AvgIpc) is 3.77. The Hall–Kier alpha value is -8.24. The van der Waals surface area contributed by atoms with E-state index in [0.29, 0.717) is 5.82 Å². The number of thiophene rings is 1. The smallest absolute Gasteiger partial charge is 0.160 e. The van der Waals surface area contributed by atoms with E-state index >= 15 is 0 Å². The maximum atomic E-state index is 5.17. The largest absolute Gasteiger partial charge is 0.228 e. The SMILES string of the molecule is c1ccc(-c2nc(-c3ccc(-c4cccc5c4sc4ccccc45)cc3)cc(-c3ccc4cc(-c5ccc(-c6c7ccccc7cc7c6ccc6ccccc67)cc5)ccc4c3)n2)cc1. The molecule has 0 bridgehead atoms. The molecule has 65 heavy (non-hydrogen) atoms. The van der Waals surface area contributed by atoms with E-state index in [9.17, 15) is 0 Å². The molecule has 3 heteroatoms. The van der Waals surface area contributed by atoms with Crippen LogP contribution in [0.15, 0.2) is 231 Å². The molecule has 0 spiro atoms. The molecule has 13 aromatic rings. The molecule has 0 amide bonds. The Labute approximate surface area is 380 Å². The van der Waals surface area contributed by atoms with Crippen LogP contribution >= 0.6 is 11.3 Å². The monoisotopic (exact) mass is 842 g/mol. The van der Waals surface area contributed by atoms with Crippen LogP contribution in [0.1, 0.15) is 0 Å². The zero-order valence-electron chi connectivity index (χ0n) is 35.2. The van der Waals surface area contributed by atoms with E-state index < -0.39 is 0 Å². The summed E-state index contributed by atoms with van der Waals surface area (Å²) in [6.07, 6.45) is 0. The number of fused-ring (bicyclic) bond motifs is 8. The molecule has 2 heterocycles. The van der Waals surface area contributed by atoms with Crippen LogP contribution in [-0.4, -0.2) is 9.97 Å². The Bertz CT molecular complexity index is 3980. The van der Waals surface area contributed by atoms with Gasteiger partial charge in [-0.05, 0) is 107 Å². The molecule has 0 saturated carbocycles. The van der Waals surface area contributed by atoms with Gasteiger partial charge in [-0.15, -0.1) is 11.3 Å². The molecular formula is C62H38N2S. The molecule has 0 aliphatic carbocycles. The summed E-state index contributed by atoms with van der Waals surface area (Å²) in [5, 5.41) is 12.6. The highest BCUT2D eigenvalue weighted by Gasteiger charge is 2.16. The topological polar surface area (TPSA) is 25.8 Å². The Kier molecular flexibility index (Phi) is 8.75. The number of rotatable bonds is 6. The van der Waals surface area contributed by atoms with Crippen molar-refractivity contribution >= 4 is 74.6 Å². The summed E-state index contributed by atoms with van der Waals surface area (Å²) in [6.45, 7) is 0. The van der Waals surface area contributed by atoms with Crippen LogP contribution in [0, 0.1) is 0 Å². The number of hydrogen-bond acceptors (Lipinski definition) is 3. The molecule has 0 fully saturated rings. The number of aromatic nitrogens is 2. The molecule has 0 radical (unpaired) electrons. The predicted octanol–water partition coefficient (Wildman–Crippen LogP) is 17.5. The van der Waals surface area contributed by atoms with Gasteiger partial charge in [0.15, 0.2) is 5.82 Å². The first-order valence-electron chi connectivity index (χ1n) is 22.1. The molecule has 302 valence electrons. The van der Waals surface area contributed by atoms with Crippen molar-refractivity contribution in [3.63, 3.8) is 0 Å². The summed E-state index contributed by atoms with van der Waals surface area (Å²) in [6, 6.07) is 83.5. The van der Waals surface area contributed by atoms with Gasteiger partial charge in [0.25, 0.3) is 0 Å². The van der Waals surface area contributed by atoms with Crippen LogP contribution in [0.2, 0.25) is 0 Å². The first-order valence-corrected chi connectivity index (χ1v) is 22.9. The summed E-state index contributed by atoms with van der Waals surface area (Å²) < 4.78 is 2.63. The number of nitrogens with zero attached hydrogens (tertiary/aromatic N) is 2. The van der Waals surface area contributed by atoms with E-state index in [-0.39, 0.29) is 0 Å². The van der Waals surface area contributed by atoms with Gasteiger partial charge >= 0.3 is 0 Å². The van der Waals surface area contributed by atoms with Gasteiger partial charge in [0.1, 0.15) is 0 Å². The lowest BCUT2D eigenvalue weighted by Gasteiger charge is -2.14. The first kappa shape index (κ1) is 37.3. The Morgan fingerprint density at radius 1 is 0.277 bits per heavy atom. The quantitative estimate of drug-likeness (QED) is 0.123. The zero-order chi connectivity index (χ0) is 42.8. The Morgan fingerprint density at radius 2 is 0.862 bits per heavy atom. The van der Waals surface area contributed by atoms with E-state index in [4.69, 9.17) is 9.97 Å². The van der Waals surface area contributed by atoms with Crippen molar-refractivity contribution in [3.8, 4) is 67.3 Å². The van der Waals surface area contributed by atoms with Gasteiger partial charge in [0.05, 0.1) is 11.4 Å². The lowest BCUT2D eigenvalue weighted by Crippen LogP contribution is -1.96. The third-order valence-corrected chi connectivity index (χ3v) is 14.3. The molecule has 0 atom stereocenters. The van der Waals surface area contributed by atoms with E-state index in [2.05, 4.69) is 212 Å². The fraction of sp³-hybridized carbons (Fsp3) is 0. The van der Waals surface area contributed by atoms with Gasteiger partial charge in [0, 0.05) is 36.9 Å². The molecular weight excluding hydrogens is 805 g/mol. The summed E-state index contributed by atoms with van der Waals surface area (Å²) in [5.74, 6) is 0.709. The molecule has 0 N–H and O–H groups in total. The number of hydrogen-bond donors (Lipinski definition) is 0. The van der Waals surface area contributed by atoms with Crippen molar-refractivity contribution in [2.24, 2.45) is 0 Å². The van der Waals surface area contributed by atoms with E-state index in [1.165, 1.54) is 96.6 Å². The van der Waals surface area contributed by atoms with Crippen molar-refractivity contribution in [3.05, 3.63) is 231 Å². The van der Waals surface area contributed by atoms with Gasteiger partial charge in [-0.3, -0.25) is 0 Å². The minimum absolute atomic E-state index is 0.709. The average molecular weight is 843 g/mol. The third-order valence-electron chi connectivity index (χ3n) is 13.1. The van der Waals surface area contributed by atoms with Gasteiger partial charge in [-0.1, -0.05) is 200 Å². The molecule has 0 saturated heterocycles. The van der Waals surface area contributed by atoms with Crippen molar-refractivity contribution in [2.75, 3.05) is 0 Å². The predicted molar refractivity (Wildman–Crippen MR) is 278 cm³/mol. The summed E-state index contributed by atoms with van der Waals surface area (Å²) in [4.78, 5) is 10.3. The molecule has 0 aliphatic rings. The minimum atomic E-state index is 0.709. The molecule has 13 rings (SSSR count). The second kappa shape index (κ2) is 15.2. The molecule has 2 aromatic heterocycles. The maximum absolute atomic E-state index is 5.17. The molecule has 2 nitrogen and oxygen atoms in total. The van der Waals surface area contributed by atoms with Crippen molar-refractivity contribution in [1.29, 1.82) is 0 Å².